The standard InChI is InChI=1S/C20H25FN2O2/c1-23(2)13-5-3-4-6-14-25-19-12-9-17(15-22-19)20(24)16-7-10-18(21)11-8-16/h7-12,15H,3-6,13-14H2,1-2H3. The van der Waals surface area contributed by atoms with Gasteiger partial charge in [0.2, 0.25) is 5.88 Å². The number of unbranched alkanes of at least 4 members (excludes halogenated alkanes) is 3. The van der Waals surface area contributed by atoms with Crippen molar-refractivity contribution < 1.29 is 13.9 Å². The van der Waals surface area contributed by atoms with Crippen molar-refractivity contribution in [2.75, 3.05) is 27.2 Å². The first-order valence-electron chi connectivity index (χ1n) is 8.60. The molecule has 0 radical (unpaired) electrons. The summed E-state index contributed by atoms with van der Waals surface area (Å²) in [5.41, 5.74) is 0.900. The first kappa shape index (κ1) is 19.1. The van der Waals surface area contributed by atoms with Gasteiger partial charge in [-0.1, -0.05) is 12.8 Å². The van der Waals surface area contributed by atoms with Gasteiger partial charge in [0.05, 0.1) is 6.61 Å². The first-order valence-corrected chi connectivity index (χ1v) is 8.60. The van der Waals surface area contributed by atoms with Crippen molar-refractivity contribution >= 4 is 5.78 Å². The van der Waals surface area contributed by atoms with Crippen molar-refractivity contribution in [3.63, 3.8) is 0 Å². The molecule has 0 aliphatic heterocycles. The van der Waals surface area contributed by atoms with Crippen molar-refractivity contribution in [3.8, 4) is 5.88 Å². The van der Waals surface area contributed by atoms with Crippen molar-refractivity contribution in [2.45, 2.75) is 25.7 Å². The van der Waals surface area contributed by atoms with Gasteiger partial charge >= 0.3 is 0 Å². The van der Waals surface area contributed by atoms with Crippen LogP contribution in [0.4, 0.5) is 4.39 Å². The first-order chi connectivity index (χ1) is 12.1. The third kappa shape index (κ3) is 6.63. The summed E-state index contributed by atoms with van der Waals surface area (Å²) in [5.74, 6) is -0.0240. The number of nitrogens with zero attached hydrogens (tertiary/aromatic N) is 2. The van der Waals surface area contributed by atoms with E-state index in [4.69, 9.17) is 4.74 Å². The lowest BCUT2D eigenvalue weighted by atomic mass is 10.1. The third-order valence-electron chi connectivity index (χ3n) is 3.85. The average molecular weight is 344 g/mol. The molecular weight excluding hydrogens is 319 g/mol. The predicted molar refractivity (Wildman–Crippen MR) is 96.6 cm³/mol. The van der Waals surface area contributed by atoms with Crippen molar-refractivity contribution in [3.05, 3.63) is 59.5 Å². The maximum Gasteiger partial charge on any atom is 0.213 e. The number of carbonyl (C=O) groups excluding carboxylic acids is 1. The third-order valence-corrected chi connectivity index (χ3v) is 3.85. The molecule has 0 bridgehead atoms. The Balaban J connectivity index is 1.74. The molecule has 0 spiro atoms. The van der Waals surface area contributed by atoms with Crippen molar-refractivity contribution in [2.24, 2.45) is 0 Å². The Morgan fingerprint density at radius 3 is 2.32 bits per heavy atom. The Hall–Kier alpha value is -2.27. The molecule has 0 N–H and O–H groups in total. The predicted octanol–water partition coefficient (Wildman–Crippen LogP) is 3.95. The van der Waals surface area contributed by atoms with E-state index in [1.165, 1.54) is 43.3 Å². The van der Waals surface area contributed by atoms with Gasteiger partial charge in [-0.15, -0.1) is 0 Å². The molecule has 4 nitrogen and oxygen atoms in total. The number of hydrogen-bond donors (Lipinski definition) is 0. The van der Waals surface area contributed by atoms with Gasteiger partial charge in [-0.2, -0.15) is 0 Å². The number of ketones is 1. The SMILES string of the molecule is CN(C)CCCCCCOc1ccc(C(=O)c2ccc(F)cc2)cn1. The summed E-state index contributed by atoms with van der Waals surface area (Å²) in [5, 5.41) is 0. The van der Waals surface area contributed by atoms with Gasteiger partial charge in [0.1, 0.15) is 5.82 Å². The van der Waals surface area contributed by atoms with Gasteiger partial charge in [-0.05, 0) is 63.8 Å². The number of aromatic nitrogens is 1. The molecule has 1 heterocycles. The minimum absolute atomic E-state index is 0.181. The van der Waals surface area contributed by atoms with E-state index in [2.05, 4.69) is 24.0 Å². The summed E-state index contributed by atoms with van der Waals surface area (Å²) in [6.07, 6.45) is 6.02. The van der Waals surface area contributed by atoms with E-state index in [0.29, 0.717) is 23.6 Å². The molecule has 0 aliphatic carbocycles. The molecule has 0 amide bonds. The Bertz CT molecular complexity index is 654. The molecule has 0 unspecified atom stereocenters. The summed E-state index contributed by atoms with van der Waals surface area (Å²) >= 11 is 0. The van der Waals surface area contributed by atoms with Crippen LogP contribution in [0.2, 0.25) is 0 Å². The molecule has 0 saturated carbocycles. The minimum atomic E-state index is -0.361. The highest BCUT2D eigenvalue weighted by Gasteiger charge is 2.10. The van der Waals surface area contributed by atoms with Gasteiger partial charge in [-0.3, -0.25) is 4.79 Å². The number of rotatable bonds is 10. The van der Waals surface area contributed by atoms with E-state index in [9.17, 15) is 9.18 Å². The van der Waals surface area contributed by atoms with E-state index in [1.807, 2.05) is 0 Å². The Labute approximate surface area is 148 Å². The largest absolute Gasteiger partial charge is 0.478 e. The van der Waals surface area contributed by atoms with Gasteiger partial charge < -0.3 is 9.64 Å². The second-order valence-corrected chi connectivity index (χ2v) is 6.29. The fourth-order valence-electron chi connectivity index (χ4n) is 2.43. The van der Waals surface area contributed by atoms with Crippen LogP contribution in [0.5, 0.6) is 5.88 Å². The van der Waals surface area contributed by atoms with Crippen LogP contribution in [0.1, 0.15) is 41.6 Å². The molecular formula is C20H25FN2O2. The monoisotopic (exact) mass is 344 g/mol. The molecule has 25 heavy (non-hydrogen) atoms. The quantitative estimate of drug-likeness (QED) is 0.483. The Kier molecular flexibility index (Phi) is 7.54. The number of benzene rings is 1. The number of pyridine rings is 1. The second kappa shape index (κ2) is 9.89. The van der Waals surface area contributed by atoms with Crippen LogP contribution < -0.4 is 4.74 Å². The highest BCUT2D eigenvalue weighted by atomic mass is 19.1. The molecule has 1 aromatic heterocycles. The second-order valence-electron chi connectivity index (χ2n) is 6.29. The molecule has 134 valence electrons. The zero-order valence-corrected chi connectivity index (χ0v) is 14.9. The summed E-state index contributed by atoms with van der Waals surface area (Å²) in [4.78, 5) is 18.6. The zero-order chi connectivity index (χ0) is 18.1. The van der Waals surface area contributed by atoms with E-state index in [1.54, 1.807) is 12.1 Å². The van der Waals surface area contributed by atoms with E-state index in [-0.39, 0.29) is 11.6 Å². The molecule has 5 heteroatoms. The minimum Gasteiger partial charge on any atom is -0.478 e. The number of ether oxygens (including phenoxy) is 1. The van der Waals surface area contributed by atoms with Crippen LogP contribution in [0.3, 0.4) is 0 Å². The molecule has 2 rings (SSSR count). The van der Waals surface area contributed by atoms with Gasteiger partial charge in [0, 0.05) is 23.4 Å². The summed E-state index contributed by atoms with van der Waals surface area (Å²) in [6, 6.07) is 8.87. The fraction of sp³-hybridized carbons (Fsp3) is 0.400. The lowest BCUT2D eigenvalue weighted by Crippen LogP contribution is -2.12. The lowest BCUT2D eigenvalue weighted by molar-refractivity contribution is 0.103. The Morgan fingerprint density at radius 2 is 1.68 bits per heavy atom. The van der Waals surface area contributed by atoms with E-state index in [0.717, 1.165) is 19.4 Å². The maximum absolute atomic E-state index is 12.9. The van der Waals surface area contributed by atoms with E-state index < -0.39 is 0 Å². The fourth-order valence-corrected chi connectivity index (χ4v) is 2.43. The molecule has 2 aromatic rings. The summed E-state index contributed by atoms with van der Waals surface area (Å²) < 4.78 is 18.5. The molecule has 0 aliphatic rings. The smallest absolute Gasteiger partial charge is 0.213 e. The topological polar surface area (TPSA) is 42.4 Å². The Morgan fingerprint density at radius 1 is 1.00 bits per heavy atom. The van der Waals surface area contributed by atoms with Crippen LogP contribution in [0.25, 0.3) is 0 Å². The highest BCUT2D eigenvalue weighted by Crippen LogP contribution is 2.13. The van der Waals surface area contributed by atoms with Crippen molar-refractivity contribution in [1.29, 1.82) is 0 Å². The summed E-state index contributed by atoms with van der Waals surface area (Å²) in [7, 11) is 4.17. The molecule has 1 aromatic carbocycles. The zero-order valence-electron chi connectivity index (χ0n) is 14.9. The summed E-state index contributed by atoms with van der Waals surface area (Å²) in [6.45, 7) is 1.74. The number of carbonyl (C=O) groups is 1. The van der Waals surface area contributed by atoms with Gasteiger partial charge in [0.15, 0.2) is 5.78 Å². The van der Waals surface area contributed by atoms with Crippen LogP contribution in [0.15, 0.2) is 42.6 Å². The molecule has 0 fully saturated rings. The molecule has 0 atom stereocenters. The van der Waals surface area contributed by atoms with Crippen LogP contribution in [-0.2, 0) is 0 Å². The number of halogens is 1. The van der Waals surface area contributed by atoms with Crippen molar-refractivity contribution in [1.82, 2.24) is 9.88 Å². The average Bonchev–Trinajstić information content (AvgIpc) is 2.61. The van der Waals surface area contributed by atoms with Gasteiger partial charge in [-0.25, -0.2) is 9.37 Å². The normalized spacial score (nSPS) is 10.9. The van der Waals surface area contributed by atoms with Crippen LogP contribution >= 0.6 is 0 Å². The van der Waals surface area contributed by atoms with E-state index >= 15 is 0 Å². The maximum atomic E-state index is 12.9. The highest BCUT2D eigenvalue weighted by molar-refractivity contribution is 6.08. The van der Waals surface area contributed by atoms with Crippen LogP contribution in [0, 0.1) is 5.82 Å². The van der Waals surface area contributed by atoms with Crippen LogP contribution in [-0.4, -0.2) is 42.9 Å². The number of hydrogen-bond acceptors (Lipinski definition) is 4. The molecule has 0 saturated heterocycles. The lowest BCUT2D eigenvalue weighted by Gasteiger charge is -2.09. The van der Waals surface area contributed by atoms with Gasteiger partial charge in [0.25, 0.3) is 0 Å².